The Balaban J connectivity index is 2.25. The fourth-order valence-corrected chi connectivity index (χ4v) is 2.70. The van der Waals surface area contributed by atoms with Crippen molar-refractivity contribution in [3.05, 3.63) is 24.0 Å². The van der Waals surface area contributed by atoms with Gasteiger partial charge < -0.3 is 20.6 Å². The van der Waals surface area contributed by atoms with E-state index in [2.05, 4.69) is 0 Å². The third-order valence-electron chi connectivity index (χ3n) is 3.97. The molecule has 116 valence electrons. The number of rotatable bonds is 1. The van der Waals surface area contributed by atoms with Crippen LogP contribution in [0.15, 0.2) is 18.2 Å². The van der Waals surface area contributed by atoms with Crippen molar-refractivity contribution in [2.24, 2.45) is 5.41 Å². The molecule has 1 atom stereocenters. The number of hydrogen-bond acceptors (Lipinski definition) is 3. The molecule has 1 saturated heterocycles. The molecule has 0 spiro atoms. The van der Waals surface area contributed by atoms with E-state index in [4.69, 9.17) is 5.73 Å². The Labute approximate surface area is 124 Å². The number of nitrogens with two attached hydrogens (primary N) is 1. The molecule has 1 amide bonds. The highest BCUT2D eigenvalue weighted by molar-refractivity contribution is 5.66. The predicted octanol–water partition coefficient (Wildman–Crippen LogP) is 2.62. The summed E-state index contributed by atoms with van der Waals surface area (Å²) >= 11 is 0. The summed E-state index contributed by atoms with van der Waals surface area (Å²) in [5, 5.41) is 9.34. The van der Waals surface area contributed by atoms with Gasteiger partial charge in [-0.3, -0.25) is 0 Å². The van der Waals surface area contributed by atoms with Gasteiger partial charge >= 0.3 is 6.09 Å². The van der Waals surface area contributed by atoms with Crippen molar-refractivity contribution in [3.8, 4) is 0 Å². The highest BCUT2D eigenvalue weighted by Crippen LogP contribution is 2.30. The highest BCUT2D eigenvalue weighted by Gasteiger charge is 2.38. The molecule has 1 heterocycles. The second-order valence-corrected chi connectivity index (χ2v) is 6.51. The van der Waals surface area contributed by atoms with Gasteiger partial charge in [-0.1, -0.05) is 20.8 Å². The van der Waals surface area contributed by atoms with Gasteiger partial charge in [-0.05, 0) is 23.6 Å². The Morgan fingerprint density at radius 1 is 1.38 bits per heavy atom. The lowest BCUT2D eigenvalue weighted by molar-refractivity contribution is 0.0748. The minimum atomic E-state index is -0.905. The lowest BCUT2D eigenvalue weighted by atomic mass is 9.84. The van der Waals surface area contributed by atoms with E-state index in [1.54, 1.807) is 12.1 Å². The topological polar surface area (TPSA) is 69.8 Å². The first-order valence-corrected chi connectivity index (χ1v) is 6.99. The molecular formula is C15H22FN3O2. The van der Waals surface area contributed by atoms with Crippen LogP contribution in [0.2, 0.25) is 0 Å². The molecule has 0 radical (unpaired) electrons. The third-order valence-corrected chi connectivity index (χ3v) is 3.97. The van der Waals surface area contributed by atoms with Gasteiger partial charge in [-0.2, -0.15) is 0 Å². The van der Waals surface area contributed by atoms with Gasteiger partial charge in [0, 0.05) is 25.3 Å². The normalized spacial score (nSPS) is 19.7. The summed E-state index contributed by atoms with van der Waals surface area (Å²) in [6.45, 7) is 7.53. The summed E-state index contributed by atoms with van der Waals surface area (Å²) in [5.41, 5.74) is 6.16. The van der Waals surface area contributed by atoms with Crippen LogP contribution in [-0.2, 0) is 0 Å². The molecule has 3 N–H and O–H groups in total. The van der Waals surface area contributed by atoms with Crippen molar-refractivity contribution in [3.63, 3.8) is 0 Å². The summed E-state index contributed by atoms with van der Waals surface area (Å²) in [4.78, 5) is 14.9. The SMILES string of the molecule is CC(C)(C)C1CN(c2ccc(N)c(F)c2)CCN1C(=O)O. The zero-order chi connectivity index (χ0) is 15.8. The molecule has 0 saturated carbocycles. The van der Waals surface area contributed by atoms with Crippen LogP contribution in [0.4, 0.5) is 20.6 Å². The van der Waals surface area contributed by atoms with Gasteiger partial charge in [0.1, 0.15) is 5.82 Å². The number of nitrogen functional groups attached to an aromatic ring is 1. The van der Waals surface area contributed by atoms with Gasteiger partial charge in [0.05, 0.1) is 11.7 Å². The van der Waals surface area contributed by atoms with Gasteiger partial charge in [0.25, 0.3) is 0 Å². The van der Waals surface area contributed by atoms with E-state index in [1.165, 1.54) is 11.0 Å². The zero-order valence-electron chi connectivity index (χ0n) is 12.6. The van der Waals surface area contributed by atoms with Crippen molar-refractivity contribution in [1.82, 2.24) is 4.90 Å². The van der Waals surface area contributed by atoms with Crippen LogP contribution in [0, 0.1) is 11.2 Å². The number of benzene rings is 1. The van der Waals surface area contributed by atoms with Crippen LogP contribution in [-0.4, -0.2) is 41.8 Å². The van der Waals surface area contributed by atoms with Gasteiger partial charge in [-0.15, -0.1) is 0 Å². The lowest BCUT2D eigenvalue weighted by Gasteiger charge is -2.46. The van der Waals surface area contributed by atoms with Gasteiger partial charge in [0.15, 0.2) is 0 Å². The first kappa shape index (κ1) is 15.4. The molecule has 21 heavy (non-hydrogen) atoms. The Kier molecular flexibility index (Phi) is 3.98. The molecule has 1 fully saturated rings. The maximum absolute atomic E-state index is 13.6. The molecule has 0 aromatic heterocycles. The summed E-state index contributed by atoms with van der Waals surface area (Å²) in [7, 11) is 0. The smallest absolute Gasteiger partial charge is 0.407 e. The molecule has 1 aromatic carbocycles. The Morgan fingerprint density at radius 3 is 2.57 bits per heavy atom. The largest absolute Gasteiger partial charge is 0.465 e. The molecule has 1 aliphatic rings. The predicted molar refractivity (Wildman–Crippen MR) is 81.0 cm³/mol. The summed E-state index contributed by atoms with van der Waals surface area (Å²) in [5.74, 6) is -0.444. The lowest BCUT2D eigenvalue weighted by Crippen LogP contribution is -2.59. The average Bonchev–Trinajstić information content (AvgIpc) is 2.40. The van der Waals surface area contributed by atoms with E-state index in [0.717, 1.165) is 5.69 Å². The fraction of sp³-hybridized carbons (Fsp3) is 0.533. The van der Waals surface area contributed by atoms with Crippen LogP contribution >= 0.6 is 0 Å². The molecule has 1 unspecified atom stereocenters. The Morgan fingerprint density at radius 2 is 2.05 bits per heavy atom. The van der Waals surface area contributed by atoms with Gasteiger partial charge in [0.2, 0.25) is 0 Å². The molecule has 1 aliphatic heterocycles. The molecule has 0 aliphatic carbocycles. The summed E-state index contributed by atoms with van der Waals surface area (Å²) in [6.07, 6.45) is -0.905. The Bertz CT molecular complexity index is 542. The molecule has 5 nitrogen and oxygen atoms in total. The van der Waals surface area contributed by atoms with E-state index in [0.29, 0.717) is 19.6 Å². The maximum Gasteiger partial charge on any atom is 0.407 e. The van der Waals surface area contributed by atoms with Crippen LogP contribution in [0.1, 0.15) is 20.8 Å². The van der Waals surface area contributed by atoms with Crippen LogP contribution in [0.3, 0.4) is 0 Å². The summed E-state index contributed by atoms with van der Waals surface area (Å²) in [6, 6.07) is 4.57. The summed E-state index contributed by atoms with van der Waals surface area (Å²) < 4.78 is 13.6. The van der Waals surface area contributed by atoms with Crippen LogP contribution < -0.4 is 10.6 Å². The van der Waals surface area contributed by atoms with E-state index in [1.807, 2.05) is 25.7 Å². The first-order chi connectivity index (χ1) is 9.70. The quantitative estimate of drug-likeness (QED) is 0.781. The average molecular weight is 295 g/mol. The number of anilines is 2. The van der Waals surface area contributed by atoms with Crippen molar-refractivity contribution < 1.29 is 14.3 Å². The van der Waals surface area contributed by atoms with Crippen molar-refractivity contribution in [2.75, 3.05) is 30.3 Å². The van der Waals surface area contributed by atoms with Crippen LogP contribution in [0.25, 0.3) is 0 Å². The highest BCUT2D eigenvalue weighted by atomic mass is 19.1. The molecule has 2 rings (SSSR count). The van der Waals surface area contributed by atoms with Crippen LogP contribution in [0.5, 0.6) is 0 Å². The van der Waals surface area contributed by atoms with E-state index < -0.39 is 11.9 Å². The third kappa shape index (κ3) is 3.20. The second kappa shape index (κ2) is 5.42. The zero-order valence-corrected chi connectivity index (χ0v) is 12.6. The Hall–Kier alpha value is -1.98. The number of hydrogen-bond donors (Lipinski definition) is 2. The minimum absolute atomic E-state index is 0.121. The molecule has 0 bridgehead atoms. The van der Waals surface area contributed by atoms with Crippen molar-refractivity contribution in [2.45, 2.75) is 26.8 Å². The van der Waals surface area contributed by atoms with Gasteiger partial charge in [-0.25, -0.2) is 9.18 Å². The number of piperazine rings is 1. The molecular weight excluding hydrogens is 273 g/mol. The molecule has 6 heteroatoms. The monoisotopic (exact) mass is 295 g/mol. The number of nitrogens with zero attached hydrogens (tertiary/aromatic N) is 2. The van der Waals surface area contributed by atoms with Crippen molar-refractivity contribution >= 4 is 17.5 Å². The van der Waals surface area contributed by atoms with Crippen molar-refractivity contribution in [1.29, 1.82) is 0 Å². The number of carboxylic acid groups (broad SMARTS) is 1. The first-order valence-electron chi connectivity index (χ1n) is 6.99. The number of carbonyl (C=O) groups is 1. The van der Waals surface area contributed by atoms with E-state index in [9.17, 15) is 14.3 Å². The maximum atomic E-state index is 13.6. The number of amides is 1. The minimum Gasteiger partial charge on any atom is -0.465 e. The standard InChI is InChI=1S/C15H22FN3O2/c1-15(2,3)13-9-18(6-7-19(13)14(20)21)10-4-5-12(17)11(16)8-10/h4-5,8,13H,6-7,9,17H2,1-3H3,(H,20,21). The molecule has 1 aromatic rings. The van der Waals surface area contributed by atoms with E-state index >= 15 is 0 Å². The second-order valence-electron chi connectivity index (χ2n) is 6.51. The number of halogens is 1. The van der Waals surface area contributed by atoms with E-state index in [-0.39, 0.29) is 17.1 Å². The fourth-order valence-electron chi connectivity index (χ4n) is 2.70.